The minimum absolute atomic E-state index is 0. The number of rotatable bonds is 5. The molecule has 0 radical (unpaired) electrons. The van der Waals surface area contributed by atoms with Crippen molar-refractivity contribution in [1.29, 1.82) is 0 Å². The fourth-order valence-corrected chi connectivity index (χ4v) is 5.85. The van der Waals surface area contributed by atoms with Crippen LogP contribution in [0.15, 0.2) is 22.0 Å². The summed E-state index contributed by atoms with van der Waals surface area (Å²) in [5, 5.41) is 11.9. The van der Waals surface area contributed by atoms with Gasteiger partial charge in [0.05, 0.1) is 15.8 Å². The van der Waals surface area contributed by atoms with E-state index in [9.17, 15) is 13.5 Å². The van der Waals surface area contributed by atoms with Crippen LogP contribution in [0.1, 0.15) is 25.8 Å². The Hall–Kier alpha value is -0.0300. The summed E-state index contributed by atoms with van der Waals surface area (Å²) in [5.74, 6) is 0.274. The van der Waals surface area contributed by atoms with Crippen molar-refractivity contribution >= 4 is 67.1 Å². The molecule has 6 nitrogen and oxygen atoms in total. The SMILES string of the molecule is Br.CCC(C)NS(=O)(=O)c1cc(C2(O)CSC(=NC)N2C)c(Cl)cc1Cl. The van der Waals surface area contributed by atoms with Crippen LogP contribution in [0.5, 0.6) is 0 Å². The number of hydrogen-bond acceptors (Lipinski definition) is 5. The Bertz CT molecular complexity index is 808. The van der Waals surface area contributed by atoms with Crippen molar-refractivity contribution < 1.29 is 13.5 Å². The lowest BCUT2D eigenvalue weighted by molar-refractivity contribution is -0.0348. The quantitative estimate of drug-likeness (QED) is 0.639. The Labute approximate surface area is 179 Å². The number of aliphatic imine (C=N–C) groups is 1. The van der Waals surface area contributed by atoms with Crippen molar-refractivity contribution in [3.8, 4) is 0 Å². The highest BCUT2D eigenvalue weighted by atomic mass is 79.9. The summed E-state index contributed by atoms with van der Waals surface area (Å²) < 4.78 is 27.9. The van der Waals surface area contributed by atoms with E-state index >= 15 is 0 Å². The summed E-state index contributed by atoms with van der Waals surface area (Å²) in [4.78, 5) is 5.57. The number of aliphatic hydroxyl groups is 1. The van der Waals surface area contributed by atoms with Gasteiger partial charge in [0.2, 0.25) is 10.0 Å². The number of sulfonamides is 1. The summed E-state index contributed by atoms with van der Waals surface area (Å²) >= 11 is 13.8. The summed E-state index contributed by atoms with van der Waals surface area (Å²) in [6.45, 7) is 3.64. The maximum atomic E-state index is 12.6. The van der Waals surface area contributed by atoms with Gasteiger partial charge in [-0.2, -0.15) is 0 Å². The van der Waals surface area contributed by atoms with Crippen LogP contribution in [0.25, 0.3) is 0 Å². The number of halogens is 3. The minimum Gasteiger partial charge on any atom is -0.366 e. The number of nitrogens with zero attached hydrogens (tertiary/aromatic N) is 2. The van der Waals surface area contributed by atoms with E-state index in [1.54, 1.807) is 25.9 Å². The van der Waals surface area contributed by atoms with E-state index in [-0.39, 0.29) is 49.3 Å². The third-order valence-corrected chi connectivity index (χ3v) is 7.78. The van der Waals surface area contributed by atoms with Gasteiger partial charge in [0.15, 0.2) is 10.9 Å². The first-order valence-corrected chi connectivity index (χ1v) is 10.9. The monoisotopic (exact) mass is 505 g/mol. The first kappa shape index (κ1) is 24.0. The van der Waals surface area contributed by atoms with Gasteiger partial charge >= 0.3 is 0 Å². The summed E-state index contributed by atoms with van der Waals surface area (Å²) in [5.41, 5.74) is -1.20. The topological polar surface area (TPSA) is 82.0 Å². The largest absolute Gasteiger partial charge is 0.366 e. The molecular weight excluding hydrogens is 485 g/mol. The highest BCUT2D eigenvalue weighted by Gasteiger charge is 2.44. The van der Waals surface area contributed by atoms with Crippen molar-refractivity contribution in [2.45, 2.75) is 36.9 Å². The van der Waals surface area contributed by atoms with Crippen molar-refractivity contribution in [2.24, 2.45) is 4.99 Å². The van der Waals surface area contributed by atoms with E-state index in [0.717, 1.165) is 0 Å². The Morgan fingerprint density at radius 2 is 2.04 bits per heavy atom. The molecule has 0 spiro atoms. The highest BCUT2D eigenvalue weighted by molar-refractivity contribution is 8.93. The van der Waals surface area contributed by atoms with Gasteiger partial charge in [-0.1, -0.05) is 41.9 Å². The summed E-state index contributed by atoms with van der Waals surface area (Å²) in [6, 6.07) is 2.44. The lowest BCUT2D eigenvalue weighted by atomic mass is 10.0. The molecule has 0 aliphatic carbocycles. The number of amidine groups is 1. The Kier molecular flexibility index (Phi) is 8.29. The molecule has 1 aromatic rings. The molecule has 0 amide bonds. The molecule has 1 aliphatic heterocycles. The van der Waals surface area contributed by atoms with Crippen LogP contribution in [0, 0.1) is 0 Å². The summed E-state index contributed by atoms with van der Waals surface area (Å²) in [7, 11) is -0.537. The van der Waals surface area contributed by atoms with Gasteiger partial charge in [-0.15, -0.1) is 17.0 Å². The van der Waals surface area contributed by atoms with Gasteiger partial charge in [-0.05, 0) is 25.5 Å². The molecule has 1 aromatic carbocycles. The molecule has 1 heterocycles. The Morgan fingerprint density at radius 1 is 1.42 bits per heavy atom. The molecule has 2 unspecified atom stereocenters. The van der Waals surface area contributed by atoms with E-state index in [1.807, 2.05) is 6.92 Å². The maximum Gasteiger partial charge on any atom is 0.242 e. The second-order valence-electron chi connectivity index (χ2n) is 5.86. The third kappa shape index (κ3) is 4.51. The Balaban J connectivity index is 0.00000338. The average molecular weight is 507 g/mol. The molecule has 1 saturated heterocycles. The normalized spacial score (nSPS) is 23.2. The smallest absolute Gasteiger partial charge is 0.242 e. The number of hydrogen-bond donors (Lipinski definition) is 2. The van der Waals surface area contributed by atoms with Crippen molar-refractivity contribution in [3.05, 3.63) is 27.7 Å². The lowest BCUT2D eigenvalue weighted by Crippen LogP contribution is -2.42. The molecule has 11 heteroatoms. The molecular formula is C15H22BrCl2N3O3S2. The average Bonchev–Trinajstić information content (AvgIpc) is 2.82. The Morgan fingerprint density at radius 3 is 2.54 bits per heavy atom. The first-order chi connectivity index (χ1) is 11.6. The number of benzene rings is 1. The van der Waals surface area contributed by atoms with Crippen molar-refractivity contribution in [2.75, 3.05) is 19.8 Å². The van der Waals surface area contributed by atoms with E-state index in [4.69, 9.17) is 23.2 Å². The predicted molar refractivity (Wildman–Crippen MR) is 114 cm³/mol. The zero-order valence-electron chi connectivity index (χ0n) is 14.8. The molecule has 2 N–H and O–H groups in total. The van der Waals surface area contributed by atoms with Gasteiger partial charge < -0.3 is 10.0 Å². The van der Waals surface area contributed by atoms with Crippen LogP contribution >= 0.6 is 51.9 Å². The van der Waals surface area contributed by atoms with Crippen molar-refractivity contribution in [1.82, 2.24) is 9.62 Å². The standard InChI is InChI=1S/C15H21Cl2N3O3S2.BrH/c1-5-9(2)19-25(22,23)13-6-10(11(16)7-12(13)17)15(21)8-24-14(18-3)20(15)4;/h6-7,9,19,21H,5,8H2,1-4H3;1H. The molecule has 1 fully saturated rings. The zero-order valence-corrected chi connectivity index (χ0v) is 19.6. The second-order valence-corrected chi connectivity index (χ2v) is 9.30. The van der Waals surface area contributed by atoms with Crippen LogP contribution < -0.4 is 4.72 Å². The van der Waals surface area contributed by atoms with Crippen LogP contribution in [0.4, 0.5) is 0 Å². The van der Waals surface area contributed by atoms with Gasteiger partial charge in [0, 0.05) is 25.7 Å². The predicted octanol–water partition coefficient (Wildman–Crippen LogP) is 3.46. The van der Waals surface area contributed by atoms with Gasteiger partial charge in [-0.3, -0.25) is 4.99 Å². The third-order valence-electron chi connectivity index (χ3n) is 4.15. The van der Waals surface area contributed by atoms with Crippen molar-refractivity contribution in [3.63, 3.8) is 0 Å². The highest BCUT2D eigenvalue weighted by Crippen LogP contribution is 2.42. The van der Waals surface area contributed by atoms with Gasteiger partial charge in [0.1, 0.15) is 4.90 Å². The summed E-state index contributed by atoms with van der Waals surface area (Å²) in [6.07, 6.45) is 0.636. The zero-order chi connectivity index (χ0) is 19.0. The van der Waals surface area contributed by atoms with E-state index in [2.05, 4.69) is 9.71 Å². The molecule has 0 aromatic heterocycles. The van der Waals surface area contributed by atoms with Crippen LogP contribution in [-0.4, -0.2) is 49.5 Å². The molecule has 1 aliphatic rings. The molecule has 0 bridgehead atoms. The van der Waals surface area contributed by atoms with Crippen LogP contribution in [0.3, 0.4) is 0 Å². The van der Waals surface area contributed by atoms with Gasteiger partial charge in [-0.25, -0.2) is 13.1 Å². The maximum absolute atomic E-state index is 12.6. The molecule has 148 valence electrons. The molecule has 2 atom stereocenters. The number of nitrogens with one attached hydrogen (secondary N) is 1. The molecule has 0 saturated carbocycles. The molecule has 2 rings (SSSR count). The number of thioether (sulfide) groups is 1. The fourth-order valence-electron chi connectivity index (χ4n) is 2.44. The van der Waals surface area contributed by atoms with Gasteiger partial charge in [0.25, 0.3) is 0 Å². The fraction of sp³-hybridized carbons (Fsp3) is 0.533. The first-order valence-electron chi connectivity index (χ1n) is 7.64. The van der Waals surface area contributed by atoms with E-state index in [0.29, 0.717) is 11.6 Å². The van der Waals surface area contributed by atoms with Crippen LogP contribution in [0.2, 0.25) is 10.0 Å². The van der Waals surface area contributed by atoms with Crippen LogP contribution in [-0.2, 0) is 15.7 Å². The molecule has 26 heavy (non-hydrogen) atoms. The second kappa shape index (κ2) is 8.98. The van der Waals surface area contributed by atoms with E-state index < -0.39 is 15.7 Å². The minimum atomic E-state index is -3.84. The lowest BCUT2D eigenvalue weighted by Gasteiger charge is -2.32. The van der Waals surface area contributed by atoms with E-state index in [1.165, 1.54) is 23.9 Å².